The molecule has 3 nitrogen and oxygen atoms in total. The van der Waals surface area contributed by atoms with Gasteiger partial charge in [0, 0.05) is 31.6 Å². The monoisotopic (exact) mass is 274 g/mol. The van der Waals surface area contributed by atoms with E-state index >= 15 is 0 Å². The summed E-state index contributed by atoms with van der Waals surface area (Å²) in [6.45, 7) is 8.23. The molecule has 1 aromatic rings. The molecule has 0 aliphatic carbocycles. The third-order valence-electron chi connectivity index (χ3n) is 3.40. The van der Waals surface area contributed by atoms with Crippen molar-refractivity contribution in [2.24, 2.45) is 0 Å². The first-order chi connectivity index (χ1) is 8.94. The molecular formula is C15H22N2OSi. The molecule has 0 aromatic heterocycles. The molecule has 0 spiro atoms. The van der Waals surface area contributed by atoms with Crippen molar-refractivity contribution in [1.82, 2.24) is 0 Å². The van der Waals surface area contributed by atoms with E-state index in [1.54, 1.807) is 0 Å². The molecule has 102 valence electrons. The van der Waals surface area contributed by atoms with Crippen molar-refractivity contribution in [2.75, 3.05) is 18.0 Å². The molecule has 1 fully saturated rings. The van der Waals surface area contributed by atoms with Gasteiger partial charge in [-0.2, -0.15) is 5.26 Å². The molecule has 0 atom stereocenters. The molecule has 2 rings (SSSR count). The summed E-state index contributed by atoms with van der Waals surface area (Å²) < 4.78 is 6.15. The SMILES string of the molecule is C[Si](C)(C)OC1(C#N)CCN(c2ccccc2)CC1. The third kappa shape index (κ3) is 3.58. The van der Waals surface area contributed by atoms with Crippen molar-refractivity contribution in [2.45, 2.75) is 38.1 Å². The maximum absolute atomic E-state index is 9.49. The lowest BCUT2D eigenvalue weighted by molar-refractivity contribution is 0.0916. The normalized spacial score (nSPS) is 18.9. The molecule has 0 bridgehead atoms. The fourth-order valence-electron chi connectivity index (χ4n) is 2.59. The van der Waals surface area contributed by atoms with E-state index in [2.05, 4.69) is 54.9 Å². The first kappa shape index (κ1) is 14.1. The van der Waals surface area contributed by atoms with Gasteiger partial charge in [0.2, 0.25) is 0 Å². The number of anilines is 1. The average Bonchev–Trinajstić information content (AvgIpc) is 2.39. The second kappa shape index (κ2) is 5.36. The van der Waals surface area contributed by atoms with Gasteiger partial charge >= 0.3 is 0 Å². The van der Waals surface area contributed by atoms with Gasteiger partial charge in [-0.15, -0.1) is 0 Å². The molecule has 0 saturated carbocycles. The van der Waals surface area contributed by atoms with E-state index in [0.717, 1.165) is 25.9 Å². The van der Waals surface area contributed by atoms with E-state index in [9.17, 15) is 5.26 Å². The first-order valence-corrected chi connectivity index (χ1v) is 10.3. The Morgan fingerprint density at radius 3 is 2.21 bits per heavy atom. The molecule has 0 unspecified atom stereocenters. The number of benzene rings is 1. The van der Waals surface area contributed by atoms with Gasteiger partial charge in [-0.25, -0.2) is 0 Å². The lowest BCUT2D eigenvalue weighted by Gasteiger charge is -2.41. The van der Waals surface area contributed by atoms with E-state index in [1.165, 1.54) is 5.69 Å². The first-order valence-electron chi connectivity index (χ1n) is 6.86. The molecule has 1 aliphatic heterocycles. The minimum Gasteiger partial charge on any atom is -0.400 e. The summed E-state index contributed by atoms with van der Waals surface area (Å²) in [6, 6.07) is 12.8. The van der Waals surface area contributed by atoms with Crippen molar-refractivity contribution in [3.05, 3.63) is 30.3 Å². The van der Waals surface area contributed by atoms with Crippen LogP contribution in [0.15, 0.2) is 30.3 Å². The fourth-order valence-corrected chi connectivity index (χ4v) is 4.01. The smallest absolute Gasteiger partial charge is 0.185 e. The Balaban J connectivity index is 2.03. The Morgan fingerprint density at radius 2 is 1.74 bits per heavy atom. The predicted octanol–water partition coefficient (Wildman–Crippen LogP) is 3.40. The van der Waals surface area contributed by atoms with Crippen LogP contribution in [0.4, 0.5) is 5.69 Å². The predicted molar refractivity (Wildman–Crippen MR) is 80.7 cm³/mol. The van der Waals surface area contributed by atoms with Crippen LogP contribution in [0.25, 0.3) is 0 Å². The highest BCUT2D eigenvalue weighted by Gasteiger charge is 2.39. The van der Waals surface area contributed by atoms with Crippen molar-refractivity contribution < 1.29 is 4.43 Å². The quantitative estimate of drug-likeness (QED) is 0.793. The molecule has 1 aromatic carbocycles. The number of nitriles is 1. The Labute approximate surface area is 116 Å². The second-order valence-electron chi connectivity index (χ2n) is 6.14. The number of nitrogens with zero attached hydrogens (tertiary/aromatic N) is 2. The summed E-state index contributed by atoms with van der Waals surface area (Å²) in [5.41, 5.74) is 0.678. The lowest BCUT2D eigenvalue weighted by atomic mass is 9.93. The van der Waals surface area contributed by atoms with Crippen LogP contribution >= 0.6 is 0 Å². The minimum atomic E-state index is -1.68. The summed E-state index contributed by atoms with van der Waals surface area (Å²) >= 11 is 0. The summed E-state index contributed by atoms with van der Waals surface area (Å²) in [4.78, 5) is 2.34. The fraction of sp³-hybridized carbons (Fsp3) is 0.533. The van der Waals surface area contributed by atoms with Crippen molar-refractivity contribution in [1.29, 1.82) is 5.26 Å². The number of hydrogen-bond donors (Lipinski definition) is 0. The molecule has 0 amide bonds. The highest BCUT2D eigenvalue weighted by Crippen LogP contribution is 2.31. The van der Waals surface area contributed by atoms with Gasteiger partial charge in [0.25, 0.3) is 0 Å². The van der Waals surface area contributed by atoms with Crippen LogP contribution in [0.2, 0.25) is 19.6 Å². The molecule has 1 heterocycles. The number of hydrogen-bond acceptors (Lipinski definition) is 3. The van der Waals surface area contributed by atoms with Gasteiger partial charge in [0.1, 0.15) is 5.60 Å². The molecule has 1 saturated heterocycles. The van der Waals surface area contributed by atoms with Gasteiger partial charge in [-0.05, 0) is 31.8 Å². The van der Waals surface area contributed by atoms with Gasteiger partial charge in [0.05, 0.1) is 6.07 Å². The van der Waals surface area contributed by atoms with Crippen molar-refractivity contribution in [3.8, 4) is 6.07 Å². The zero-order valence-electron chi connectivity index (χ0n) is 12.0. The van der Waals surface area contributed by atoms with Crippen LogP contribution in [0.3, 0.4) is 0 Å². The van der Waals surface area contributed by atoms with E-state index in [-0.39, 0.29) is 0 Å². The topological polar surface area (TPSA) is 36.3 Å². The highest BCUT2D eigenvalue weighted by atomic mass is 28.4. The van der Waals surface area contributed by atoms with Gasteiger partial charge in [0.15, 0.2) is 8.32 Å². The van der Waals surface area contributed by atoms with Crippen molar-refractivity contribution >= 4 is 14.0 Å². The van der Waals surface area contributed by atoms with Gasteiger partial charge in [-0.1, -0.05) is 18.2 Å². The number of rotatable bonds is 3. The van der Waals surface area contributed by atoms with Gasteiger partial charge in [-0.3, -0.25) is 0 Å². The minimum absolute atomic E-state index is 0.560. The van der Waals surface area contributed by atoms with Crippen LogP contribution < -0.4 is 4.90 Å². The van der Waals surface area contributed by atoms with Crippen LogP contribution in [-0.2, 0) is 4.43 Å². The molecule has 19 heavy (non-hydrogen) atoms. The van der Waals surface area contributed by atoms with Crippen LogP contribution in [0.5, 0.6) is 0 Å². The largest absolute Gasteiger partial charge is 0.400 e. The summed E-state index contributed by atoms with van der Waals surface area (Å²) in [5.74, 6) is 0. The molecule has 4 heteroatoms. The van der Waals surface area contributed by atoms with E-state index < -0.39 is 13.9 Å². The number of para-hydroxylation sites is 1. The summed E-state index contributed by atoms with van der Waals surface area (Å²) in [6.07, 6.45) is 1.59. The standard InChI is InChI=1S/C15H22N2OSi/c1-19(2,3)18-15(13-16)9-11-17(12-10-15)14-7-5-4-6-8-14/h4-8H,9-12H2,1-3H3. The maximum Gasteiger partial charge on any atom is 0.185 e. The molecular weight excluding hydrogens is 252 g/mol. The third-order valence-corrected chi connectivity index (χ3v) is 4.40. The van der Waals surface area contributed by atoms with Crippen LogP contribution in [-0.4, -0.2) is 27.0 Å². The summed E-state index contributed by atoms with van der Waals surface area (Å²) in [7, 11) is -1.68. The average molecular weight is 274 g/mol. The highest BCUT2D eigenvalue weighted by molar-refractivity contribution is 6.69. The van der Waals surface area contributed by atoms with Crippen LogP contribution in [0, 0.1) is 11.3 Å². The van der Waals surface area contributed by atoms with E-state index in [4.69, 9.17) is 4.43 Å². The molecule has 1 aliphatic rings. The van der Waals surface area contributed by atoms with Crippen molar-refractivity contribution in [3.63, 3.8) is 0 Å². The Kier molecular flexibility index (Phi) is 3.98. The zero-order chi connectivity index (χ0) is 13.9. The molecule has 0 radical (unpaired) electrons. The van der Waals surface area contributed by atoms with E-state index in [0.29, 0.717) is 0 Å². The number of piperidine rings is 1. The maximum atomic E-state index is 9.49. The van der Waals surface area contributed by atoms with E-state index in [1.807, 2.05) is 6.07 Å². The Morgan fingerprint density at radius 1 is 1.16 bits per heavy atom. The second-order valence-corrected chi connectivity index (χ2v) is 10.6. The summed E-state index contributed by atoms with van der Waals surface area (Å²) in [5, 5.41) is 9.49. The molecule has 0 N–H and O–H groups in total. The Hall–Kier alpha value is -1.31. The lowest BCUT2D eigenvalue weighted by Crippen LogP contribution is -2.50. The van der Waals surface area contributed by atoms with Crippen LogP contribution in [0.1, 0.15) is 12.8 Å². The van der Waals surface area contributed by atoms with Gasteiger partial charge < -0.3 is 9.33 Å². The zero-order valence-corrected chi connectivity index (χ0v) is 13.0. The Bertz CT molecular complexity index is 453.